The molecule has 112 valence electrons. The zero-order chi connectivity index (χ0) is 14.6. The highest BCUT2D eigenvalue weighted by Gasteiger charge is 2.41. The highest BCUT2D eigenvalue weighted by molar-refractivity contribution is 5.33. The van der Waals surface area contributed by atoms with Gasteiger partial charge in [0.15, 0.2) is 0 Å². The van der Waals surface area contributed by atoms with E-state index in [1.165, 1.54) is 0 Å². The van der Waals surface area contributed by atoms with Crippen molar-refractivity contribution in [1.29, 1.82) is 0 Å². The molecule has 20 heavy (non-hydrogen) atoms. The molecule has 1 saturated carbocycles. The second-order valence-corrected chi connectivity index (χ2v) is 5.86. The zero-order valence-electron chi connectivity index (χ0n) is 12.6. The van der Waals surface area contributed by atoms with E-state index in [-0.39, 0.29) is 6.10 Å². The molecule has 1 aliphatic rings. The lowest BCUT2D eigenvalue weighted by atomic mass is 9.94. The van der Waals surface area contributed by atoms with Gasteiger partial charge < -0.3 is 19.5 Å². The van der Waals surface area contributed by atoms with Gasteiger partial charge in [0.2, 0.25) is 0 Å². The van der Waals surface area contributed by atoms with E-state index in [0.717, 1.165) is 37.2 Å². The molecule has 1 unspecified atom stereocenters. The van der Waals surface area contributed by atoms with E-state index >= 15 is 0 Å². The number of rotatable bonds is 6. The molecule has 1 N–H and O–H groups in total. The molecule has 0 radical (unpaired) electrons. The summed E-state index contributed by atoms with van der Waals surface area (Å²) in [6.45, 7) is 0.702. The van der Waals surface area contributed by atoms with Crippen LogP contribution in [0.25, 0.3) is 0 Å². The van der Waals surface area contributed by atoms with Crippen LogP contribution < -0.4 is 9.47 Å². The van der Waals surface area contributed by atoms with Crippen molar-refractivity contribution in [2.45, 2.75) is 37.4 Å². The minimum Gasteiger partial charge on any atom is -0.497 e. The first kappa shape index (κ1) is 15.1. The van der Waals surface area contributed by atoms with E-state index in [1.54, 1.807) is 7.11 Å². The second kappa shape index (κ2) is 6.46. The maximum absolute atomic E-state index is 10.8. The van der Waals surface area contributed by atoms with Gasteiger partial charge in [-0.25, -0.2) is 0 Å². The van der Waals surface area contributed by atoms with E-state index in [1.807, 2.05) is 38.4 Å². The Kier molecular flexibility index (Phi) is 4.89. The predicted octanol–water partition coefficient (Wildman–Crippen LogP) is 2.31. The molecule has 1 atom stereocenters. The Morgan fingerprint density at radius 1 is 1.25 bits per heavy atom. The largest absolute Gasteiger partial charge is 0.497 e. The Bertz CT molecular complexity index is 427. The van der Waals surface area contributed by atoms with Crippen molar-refractivity contribution in [3.63, 3.8) is 0 Å². The number of likely N-dealkylation sites (N-methyl/N-ethyl adjacent to an activating group) is 1. The van der Waals surface area contributed by atoms with Gasteiger partial charge in [-0.3, -0.25) is 0 Å². The van der Waals surface area contributed by atoms with Crippen molar-refractivity contribution in [3.8, 4) is 11.5 Å². The van der Waals surface area contributed by atoms with Crippen molar-refractivity contribution in [1.82, 2.24) is 4.90 Å². The van der Waals surface area contributed by atoms with Crippen molar-refractivity contribution < 1.29 is 14.6 Å². The van der Waals surface area contributed by atoms with Crippen molar-refractivity contribution >= 4 is 0 Å². The summed E-state index contributed by atoms with van der Waals surface area (Å²) in [6.07, 6.45) is 3.56. The van der Waals surface area contributed by atoms with Gasteiger partial charge in [0.05, 0.1) is 7.11 Å². The van der Waals surface area contributed by atoms with Crippen LogP contribution in [0.4, 0.5) is 0 Å². The fourth-order valence-electron chi connectivity index (χ4n) is 2.80. The maximum Gasteiger partial charge on any atom is 0.140 e. The number of benzene rings is 1. The van der Waals surface area contributed by atoms with Gasteiger partial charge >= 0.3 is 0 Å². The lowest BCUT2D eigenvalue weighted by Gasteiger charge is -2.34. The number of methoxy groups -OCH3 is 1. The molecule has 0 aliphatic heterocycles. The molecule has 0 heterocycles. The fourth-order valence-corrected chi connectivity index (χ4v) is 2.80. The first-order valence-corrected chi connectivity index (χ1v) is 7.21. The molecule has 1 aromatic carbocycles. The number of hydrogen-bond acceptors (Lipinski definition) is 4. The van der Waals surface area contributed by atoms with Crippen molar-refractivity contribution in [2.24, 2.45) is 0 Å². The van der Waals surface area contributed by atoms with E-state index in [2.05, 4.69) is 4.90 Å². The summed E-state index contributed by atoms with van der Waals surface area (Å²) < 4.78 is 11.3. The van der Waals surface area contributed by atoms with Crippen molar-refractivity contribution in [2.75, 3.05) is 27.7 Å². The van der Waals surface area contributed by atoms with Gasteiger partial charge in [0.25, 0.3) is 0 Å². The van der Waals surface area contributed by atoms with Gasteiger partial charge in [0, 0.05) is 12.6 Å². The highest BCUT2D eigenvalue weighted by Crippen LogP contribution is 2.35. The Labute approximate surface area is 121 Å². The van der Waals surface area contributed by atoms with Crippen LogP contribution >= 0.6 is 0 Å². The number of nitrogens with zero attached hydrogens (tertiary/aromatic N) is 1. The molecular formula is C16H25NO3. The molecule has 1 fully saturated rings. The Hall–Kier alpha value is -1.26. The van der Waals surface area contributed by atoms with Crippen LogP contribution in [-0.4, -0.2) is 49.5 Å². The summed E-state index contributed by atoms with van der Waals surface area (Å²) in [5.41, 5.74) is -0.715. The standard InChI is InChI=1S/C16H25NO3/c1-17(2)12-15(16(18)9-4-5-10-16)20-14-8-6-7-13(11-14)19-3/h6-8,11,15,18H,4-5,9-10,12H2,1-3H3. The predicted molar refractivity (Wildman–Crippen MR) is 79.4 cm³/mol. The number of hydrogen-bond donors (Lipinski definition) is 1. The Morgan fingerprint density at radius 3 is 2.50 bits per heavy atom. The summed E-state index contributed by atoms with van der Waals surface area (Å²) in [4.78, 5) is 2.06. The highest BCUT2D eigenvalue weighted by atomic mass is 16.5. The lowest BCUT2D eigenvalue weighted by molar-refractivity contribution is -0.0646. The number of aliphatic hydroxyl groups is 1. The molecule has 0 aromatic heterocycles. The number of ether oxygens (including phenoxy) is 2. The van der Waals surface area contributed by atoms with Gasteiger partial charge in [0.1, 0.15) is 23.2 Å². The molecule has 4 nitrogen and oxygen atoms in total. The summed E-state index contributed by atoms with van der Waals surface area (Å²) in [6, 6.07) is 7.56. The molecule has 0 spiro atoms. The molecule has 4 heteroatoms. The molecule has 0 amide bonds. The zero-order valence-corrected chi connectivity index (χ0v) is 12.6. The summed E-state index contributed by atoms with van der Waals surface area (Å²) >= 11 is 0. The second-order valence-electron chi connectivity index (χ2n) is 5.86. The first-order chi connectivity index (χ1) is 9.53. The molecule has 1 aliphatic carbocycles. The topological polar surface area (TPSA) is 41.9 Å². The van der Waals surface area contributed by atoms with Crippen LogP contribution in [-0.2, 0) is 0 Å². The third kappa shape index (κ3) is 3.64. The van der Waals surface area contributed by atoms with Gasteiger partial charge in [-0.05, 0) is 39.1 Å². The van der Waals surface area contributed by atoms with Crippen LogP contribution in [0.3, 0.4) is 0 Å². The monoisotopic (exact) mass is 279 g/mol. The Balaban J connectivity index is 2.14. The van der Waals surface area contributed by atoms with Gasteiger partial charge in [-0.15, -0.1) is 0 Å². The quantitative estimate of drug-likeness (QED) is 0.867. The molecule has 1 aromatic rings. The van der Waals surface area contributed by atoms with Gasteiger partial charge in [-0.1, -0.05) is 18.9 Å². The van der Waals surface area contributed by atoms with E-state index in [4.69, 9.17) is 9.47 Å². The maximum atomic E-state index is 10.8. The molecule has 0 bridgehead atoms. The third-order valence-corrected chi connectivity index (χ3v) is 3.92. The van der Waals surface area contributed by atoms with Crippen molar-refractivity contribution in [3.05, 3.63) is 24.3 Å². The molecule has 2 rings (SSSR count). The van der Waals surface area contributed by atoms with E-state index < -0.39 is 5.60 Å². The average molecular weight is 279 g/mol. The van der Waals surface area contributed by atoms with E-state index in [9.17, 15) is 5.11 Å². The summed E-state index contributed by atoms with van der Waals surface area (Å²) in [5.74, 6) is 1.51. The minimum atomic E-state index is -0.715. The summed E-state index contributed by atoms with van der Waals surface area (Å²) in [7, 11) is 5.64. The van der Waals surface area contributed by atoms with Crippen LogP contribution in [0.1, 0.15) is 25.7 Å². The SMILES string of the molecule is COc1cccc(OC(CN(C)C)C2(O)CCCC2)c1. The average Bonchev–Trinajstić information content (AvgIpc) is 2.86. The minimum absolute atomic E-state index is 0.216. The molecular weight excluding hydrogens is 254 g/mol. The van der Waals surface area contributed by atoms with Gasteiger partial charge in [-0.2, -0.15) is 0 Å². The van der Waals surface area contributed by atoms with Crippen LogP contribution in [0.15, 0.2) is 24.3 Å². The van der Waals surface area contributed by atoms with Crippen LogP contribution in [0, 0.1) is 0 Å². The fraction of sp³-hybridized carbons (Fsp3) is 0.625. The van der Waals surface area contributed by atoms with E-state index in [0.29, 0.717) is 6.54 Å². The van der Waals surface area contributed by atoms with Crippen LogP contribution in [0.5, 0.6) is 11.5 Å². The lowest BCUT2D eigenvalue weighted by Crippen LogP contribution is -2.49. The first-order valence-electron chi connectivity index (χ1n) is 7.21. The normalized spacial score (nSPS) is 19.1. The molecule has 0 saturated heterocycles. The summed E-state index contributed by atoms with van der Waals surface area (Å²) in [5, 5.41) is 10.8. The smallest absolute Gasteiger partial charge is 0.140 e. The Morgan fingerprint density at radius 2 is 1.90 bits per heavy atom. The third-order valence-electron chi connectivity index (χ3n) is 3.92. The van der Waals surface area contributed by atoms with Crippen LogP contribution in [0.2, 0.25) is 0 Å².